The zero-order chi connectivity index (χ0) is 26.2. The summed E-state index contributed by atoms with van der Waals surface area (Å²) in [6.45, 7) is -6.39. The Morgan fingerprint density at radius 2 is 1.35 bits per heavy atom. The molecule has 0 aliphatic heterocycles. The van der Waals surface area contributed by atoms with Crippen LogP contribution in [0.1, 0.15) is 33.9 Å². The molecule has 0 bridgehead atoms. The number of aromatic nitrogens is 2. The summed E-state index contributed by atoms with van der Waals surface area (Å²) in [6, 6.07) is 18.5. The molecule has 2 aromatic carbocycles. The van der Waals surface area contributed by atoms with Crippen LogP contribution in [0.25, 0.3) is 0 Å². The maximum atomic E-state index is 13.0. The highest BCUT2D eigenvalue weighted by atomic mass is 19.3. The van der Waals surface area contributed by atoms with Gasteiger partial charge in [0.25, 0.3) is 0 Å². The van der Waals surface area contributed by atoms with Crippen molar-refractivity contribution in [3.63, 3.8) is 0 Å². The number of hydrogen-bond donors (Lipinski definition) is 1. The van der Waals surface area contributed by atoms with Crippen molar-refractivity contribution in [2.75, 3.05) is 0 Å². The van der Waals surface area contributed by atoms with Gasteiger partial charge in [0.2, 0.25) is 0 Å². The number of pyridine rings is 2. The van der Waals surface area contributed by atoms with Crippen molar-refractivity contribution in [3.8, 4) is 17.2 Å². The van der Waals surface area contributed by atoms with Gasteiger partial charge in [-0.3, -0.25) is 9.97 Å². The van der Waals surface area contributed by atoms with E-state index < -0.39 is 24.7 Å². The van der Waals surface area contributed by atoms with E-state index in [1.165, 1.54) is 12.1 Å². The van der Waals surface area contributed by atoms with E-state index in [9.17, 15) is 22.7 Å². The second-order valence-electron chi connectivity index (χ2n) is 8.33. The fraction of sp³-hybridized carbons (Fsp3) is 0.214. The highest BCUT2D eigenvalue weighted by molar-refractivity contribution is 5.46. The van der Waals surface area contributed by atoms with E-state index in [0.29, 0.717) is 17.7 Å². The molecule has 9 heteroatoms. The highest BCUT2D eigenvalue weighted by Crippen LogP contribution is 2.36. The number of benzene rings is 2. The number of ether oxygens (including phenoxy) is 2. The lowest BCUT2D eigenvalue weighted by Gasteiger charge is -2.20. The largest absolute Gasteiger partial charge is 0.508 e. The molecular weight excluding hydrogens is 488 g/mol. The van der Waals surface area contributed by atoms with Crippen molar-refractivity contribution in [1.82, 2.24) is 9.97 Å². The van der Waals surface area contributed by atoms with Crippen molar-refractivity contribution in [3.05, 3.63) is 113 Å². The average molecular weight is 513 g/mol. The van der Waals surface area contributed by atoms with Crippen LogP contribution in [0.5, 0.6) is 17.2 Å². The number of aryl methyl sites for hydroxylation is 2. The lowest BCUT2D eigenvalue weighted by Crippen LogP contribution is -2.11. The van der Waals surface area contributed by atoms with Gasteiger partial charge < -0.3 is 14.6 Å². The number of alkyl halides is 4. The summed E-state index contributed by atoms with van der Waals surface area (Å²) in [5, 5.41) is 9.44. The smallest absolute Gasteiger partial charge is 0.387 e. The average Bonchev–Trinajstić information content (AvgIpc) is 2.88. The zero-order valence-corrected chi connectivity index (χ0v) is 19.6. The fourth-order valence-corrected chi connectivity index (χ4v) is 4.01. The molecule has 0 fully saturated rings. The van der Waals surface area contributed by atoms with Gasteiger partial charge in [-0.1, -0.05) is 24.3 Å². The Kier molecular flexibility index (Phi) is 8.56. The molecule has 0 saturated heterocycles. The molecule has 4 rings (SSSR count). The molecule has 5 nitrogen and oxygen atoms in total. The van der Waals surface area contributed by atoms with Crippen molar-refractivity contribution < 1.29 is 32.1 Å². The van der Waals surface area contributed by atoms with Crippen LogP contribution in [-0.2, 0) is 19.3 Å². The Morgan fingerprint density at radius 1 is 0.703 bits per heavy atom. The quantitative estimate of drug-likeness (QED) is 0.231. The van der Waals surface area contributed by atoms with E-state index in [-0.39, 0.29) is 11.7 Å². The molecule has 1 N–H and O–H groups in total. The van der Waals surface area contributed by atoms with Crippen molar-refractivity contribution in [1.29, 1.82) is 0 Å². The Hall–Kier alpha value is -4.14. The van der Waals surface area contributed by atoms with Gasteiger partial charge in [-0.15, -0.1) is 0 Å². The molecule has 1 atom stereocenters. The van der Waals surface area contributed by atoms with Crippen LogP contribution in [-0.4, -0.2) is 28.3 Å². The number of phenols is 1. The number of halogens is 4. The van der Waals surface area contributed by atoms with Crippen molar-refractivity contribution in [2.45, 2.75) is 38.4 Å². The monoisotopic (exact) mass is 512 g/mol. The van der Waals surface area contributed by atoms with Crippen molar-refractivity contribution in [2.24, 2.45) is 0 Å². The number of hydrogen-bond acceptors (Lipinski definition) is 5. The first-order chi connectivity index (χ1) is 17.9. The lowest BCUT2D eigenvalue weighted by molar-refractivity contribution is -0.0692. The summed E-state index contributed by atoms with van der Waals surface area (Å²) in [5.41, 5.74) is 4.24. The Bertz CT molecular complexity index is 1270. The second-order valence-corrected chi connectivity index (χ2v) is 8.33. The predicted molar refractivity (Wildman–Crippen MR) is 129 cm³/mol. The summed E-state index contributed by atoms with van der Waals surface area (Å²) < 4.78 is 60.4. The number of phenolic OH excluding ortho intramolecular Hbond substituents is 1. The normalized spacial score (nSPS) is 12.1. The van der Waals surface area contributed by atoms with E-state index in [2.05, 4.69) is 19.4 Å². The van der Waals surface area contributed by atoms with Crippen LogP contribution < -0.4 is 9.47 Å². The standard InChI is InChI=1S/C28H24F4N2O3/c29-27(30)36-25-10-6-21(16-26(25)37-28(31)32)23(15-19-11-13-33-14-12-19)24-9-5-20(17-34-24)2-1-18-3-7-22(35)8-4-18/h3-14,16-17,23,27-28,35H,1-2,15H2. The maximum absolute atomic E-state index is 13.0. The molecule has 2 heterocycles. The first-order valence-electron chi connectivity index (χ1n) is 11.5. The molecule has 4 aromatic rings. The minimum atomic E-state index is -3.21. The van der Waals surface area contributed by atoms with E-state index in [0.717, 1.165) is 29.5 Å². The number of nitrogens with zero attached hydrogens (tertiary/aromatic N) is 2. The molecule has 1 unspecified atom stereocenters. The van der Waals surface area contributed by atoms with Gasteiger partial charge in [0.1, 0.15) is 5.75 Å². The number of rotatable bonds is 11. The van der Waals surface area contributed by atoms with Crippen LogP contribution in [0.4, 0.5) is 17.6 Å². The zero-order valence-electron chi connectivity index (χ0n) is 19.6. The van der Waals surface area contributed by atoms with Gasteiger partial charge in [0, 0.05) is 30.2 Å². The van der Waals surface area contributed by atoms with E-state index in [4.69, 9.17) is 0 Å². The van der Waals surface area contributed by atoms with E-state index in [1.807, 2.05) is 36.4 Å². The van der Waals surface area contributed by atoms with Gasteiger partial charge >= 0.3 is 13.2 Å². The second kappa shape index (κ2) is 12.2. The predicted octanol–water partition coefficient (Wildman–Crippen LogP) is 6.54. The molecular formula is C28H24F4N2O3. The minimum absolute atomic E-state index is 0.214. The highest BCUT2D eigenvalue weighted by Gasteiger charge is 2.21. The van der Waals surface area contributed by atoms with Crippen LogP contribution in [0.2, 0.25) is 0 Å². The van der Waals surface area contributed by atoms with E-state index >= 15 is 0 Å². The summed E-state index contributed by atoms with van der Waals surface area (Å²) in [7, 11) is 0. The van der Waals surface area contributed by atoms with Gasteiger partial charge in [-0.25, -0.2) is 0 Å². The minimum Gasteiger partial charge on any atom is -0.508 e. The van der Waals surface area contributed by atoms with Gasteiger partial charge in [-0.2, -0.15) is 17.6 Å². The number of aromatic hydroxyl groups is 1. The first kappa shape index (κ1) is 25.9. The summed E-state index contributed by atoms with van der Waals surface area (Å²) in [6.07, 6.45) is 7.03. The van der Waals surface area contributed by atoms with Crippen LogP contribution >= 0.6 is 0 Å². The Balaban J connectivity index is 1.61. The molecule has 0 spiro atoms. The fourth-order valence-electron chi connectivity index (χ4n) is 4.01. The molecule has 0 aliphatic carbocycles. The lowest BCUT2D eigenvalue weighted by atomic mass is 9.88. The van der Waals surface area contributed by atoms with Gasteiger partial charge in [0.05, 0.1) is 0 Å². The van der Waals surface area contributed by atoms with Crippen LogP contribution in [0.15, 0.2) is 85.3 Å². The molecule has 0 radical (unpaired) electrons. The Labute approximate surface area is 211 Å². The molecule has 0 saturated carbocycles. The topological polar surface area (TPSA) is 64.5 Å². The SMILES string of the molecule is Oc1ccc(CCc2ccc(C(Cc3ccncc3)c3ccc(OC(F)F)c(OC(F)F)c3)nc2)cc1. The Morgan fingerprint density at radius 3 is 2.00 bits per heavy atom. The summed E-state index contributed by atoms with van der Waals surface area (Å²) >= 11 is 0. The molecule has 0 aliphatic rings. The molecule has 192 valence electrons. The molecule has 2 aromatic heterocycles. The van der Waals surface area contributed by atoms with Crippen molar-refractivity contribution >= 4 is 0 Å². The maximum Gasteiger partial charge on any atom is 0.387 e. The first-order valence-corrected chi connectivity index (χ1v) is 11.5. The van der Waals surface area contributed by atoms with Crippen LogP contribution in [0, 0.1) is 0 Å². The molecule has 37 heavy (non-hydrogen) atoms. The summed E-state index contributed by atoms with van der Waals surface area (Å²) in [4.78, 5) is 8.67. The van der Waals surface area contributed by atoms with E-state index in [1.54, 1.807) is 36.8 Å². The third kappa shape index (κ3) is 7.42. The third-order valence-electron chi connectivity index (χ3n) is 5.83. The molecule has 0 amide bonds. The van der Waals surface area contributed by atoms with Gasteiger partial charge in [0.15, 0.2) is 11.5 Å². The van der Waals surface area contributed by atoms with Gasteiger partial charge in [-0.05, 0) is 84.0 Å². The summed E-state index contributed by atoms with van der Waals surface area (Å²) in [5.74, 6) is -1.11. The van der Waals surface area contributed by atoms with Crippen LogP contribution in [0.3, 0.4) is 0 Å². The third-order valence-corrected chi connectivity index (χ3v) is 5.83.